The van der Waals surface area contributed by atoms with Gasteiger partial charge in [0.25, 0.3) is 11.4 Å². The molecule has 10 nitrogen and oxygen atoms in total. The Bertz CT molecular complexity index is 1340. The maximum atomic E-state index is 11.3. The van der Waals surface area contributed by atoms with E-state index in [0.29, 0.717) is 34.6 Å². The molecule has 2 aromatic carbocycles. The van der Waals surface area contributed by atoms with Crippen molar-refractivity contribution in [2.75, 3.05) is 23.7 Å². The summed E-state index contributed by atoms with van der Waals surface area (Å²) in [5.41, 5.74) is 1.86. The third-order valence-electron chi connectivity index (χ3n) is 5.00. The molecule has 4 aromatic rings. The van der Waals surface area contributed by atoms with Gasteiger partial charge in [-0.3, -0.25) is 25.2 Å². The fourth-order valence-electron chi connectivity index (χ4n) is 3.27. The normalized spacial score (nSPS) is 11.6. The van der Waals surface area contributed by atoms with E-state index in [1.54, 1.807) is 30.5 Å². The van der Waals surface area contributed by atoms with Crippen LogP contribution in [0.15, 0.2) is 48.7 Å². The zero-order valence-corrected chi connectivity index (χ0v) is 18.2. The second kappa shape index (κ2) is 8.35. The molecule has 2 aromatic heterocycles. The molecule has 0 radical (unpaired) electrons. The second-order valence-corrected chi connectivity index (χ2v) is 9.12. The zero-order valence-electron chi connectivity index (χ0n) is 17.4. The van der Waals surface area contributed by atoms with E-state index in [9.17, 15) is 20.2 Å². The SMILES string of the molecule is CC(C)(CNc1nc2ccc([N+](=O)[O-])cc2s1)CNc1ccc([N+](=O)[O-])c2cccnc12. The molecule has 164 valence electrons. The highest BCUT2D eigenvalue weighted by molar-refractivity contribution is 7.22. The van der Waals surface area contributed by atoms with Gasteiger partial charge in [-0.25, -0.2) is 4.98 Å². The molecule has 0 fully saturated rings. The van der Waals surface area contributed by atoms with E-state index in [4.69, 9.17) is 0 Å². The maximum absolute atomic E-state index is 11.3. The van der Waals surface area contributed by atoms with Gasteiger partial charge in [-0.05, 0) is 29.7 Å². The number of thiazole rings is 1. The van der Waals surface area contributed by atoms with Crippen molar-refractivity contribution >= 4 is 54.7 Å². The Kier molecular flexibility index (Phi) is 5.57. The maximum Gasteiger partial charge on any atom is 0.278 e. The first-order valence-electron chi connectivity index (χ1n) is 9.78. The number of fused-ring (bicyclic) bond motifs is 2. The van der Waals surface area contributed by atoms with Gasteiger partial charge in [0, 0.05) is 37.5 Å². The highest BCUT2D eigenvalue weighted by atomic mass is 32.1. The third kappa shape index (κ3) is 4.42. The molecule has 2 heterocycles. The molecule has 0 saturated heterocycles. The van der Waals surface area contributed by atoms with Crippen molar-refractivity contribution in [3.05, 3.63) is 68.9 Å². The van der Waals surface area contributed by atoms with Crippen molar-refractivity contribution in [3.63, 3.8) is 0 Å². The summed E-state index contributed by atoms with van der Waals surface area (Å²) in [6.45, 7) is 5.33. The molecule has 11 heteroatoms. The van der Waals surface area contributed by atoms with Crippen LogP contribution in [-0.2, 0) is 0 Å². The Labute approximate surface area is 186 Å². The lowest BCUT2D eigenvalue weighted by atomic mass is 9.93. The Balaban J connectivity index is 1.45. The average molecular weight is 452 g/mol. The van der Waals surface area contributed by atoms with Gasteiger partial charge < -0.3 is 10.6 Å². The summed E-state index contributed by atoms with van der Waals surface area (Å²) in [5.74, 6) is 0. The minimum absolute atomic E-state index is 0.0237. The fourth-order valence-corrected chi connectivity index (χ4v) is 4.17. The van der Waals surface area contributed by atoms with Crippen LogP contribution in [0.4, 0.5) is 22.2 Å². The number of nitrogens with one attached hydrogen (secondary N) is 2. The van der Waals surface area contributed by atoms with Crippen molar-refractivity contribution in [1.29, 1.82) is 0 Å². The summed E-state index contributed by atoms with van der Waals surface area (Å²) in [5, 5.41) is 30.1. The average Bonchev–Trinajstić information content (AvgIpc) is 3.18. The first kappa shape index (κ1) is 21.4. The summed E-state index contributed by atoms with van der Waals surface area (Å²) < 4.78 is 0.751. The van der Waals surface area contributed by atoms with Gasteiger partial charge in [0.05, 0.1) is 31.1 Å². The van der Waals surface area contributed by atoms with Crippen LogP contribution >= 0.6 is 11.3 Å². The number of anilines is 2. The molecule has 0 saturated carbocycles. The van der Waals surface area contributed by atoms with Crippen LogP contribution in [0.5, 0.6) is 0 Å². The number of nitrogens with zero attached hydrogens (tertiary/aromatic N) is 4. The van der Waals surface area contributed by atoms with Gasteiger partial charge in [0.1, 0.15) is 5.52 Å². The van der Waals surface area contributed by atoms with Gasteiger partial charge in [0.15, 0.2) is 5.13 Å². The first-order valence-corrected chi connectivity index (χ1v) is 10.6. The summed E-state index contributed by atoms with van der Waals surface area (Å²) in [4.78, 5) is 30.2. The van der Waals surface area contributed by atoms with Crippen molar-refractivity contribution < 1.29 is 9.85 Å². The topological polar surface area (TPSA) is 136 Å². The quantitative estimate of drug-likeness (QED) is 0.275. The number of benzene rings is 2. The lowest BCUT2D eigenvalue weighted by Gasteiger charge is -2.26. The van der Waals surface area contributed by atoms with Crippen LogP contribution in [0.3, 0.4) is 0 Å². The standard InChI is InChI=1S/C21H20N6O4S/c1-21(2,12-24-20-25-15-6-5-13(26(28)29)10-18(15)32-20)11-23-16-7-8-17(27(30)31)14-4-3-9-22-19(14)16/h3-10,23H,11-12H2,1-2H3,(H,24,25). The molecular formula is C21H20N6O4S. The highest BCUT2D eigenvalue weighted by Crippen LogP contribution is 2.32. The van der Waals surface area contributed by atoms with Gasteiger partial charge in [-0.2, -0.15) is 0 Å². The van der Waals surface area contributed by atoms with E-state index in [2.05, 4.69) is 34.4 Å². The van der Waals surface area contributed by atoms with Gasteiger partial charge in [-0.1, -0.05) is 25.2 Å². The molecular weight excluding hydrogens is 432 g/mol. The van der Waals surface area contributed by atoms with Crippen molar-refractivity contribution in [2.24, 2.45) is 5.41 Å². The number of nitro benzene ring substituents is 2. The number of aromatic nitrogens is 2. The summed E-state index contributed by atoms with van der Waals surface area (Å²) >= 11 is 1.37. The second-order valence-electron chi connectivity index (χ2n) is 8.09. The Morgan fingerprint density at radius 3 is 2.56 bits per heavy atom. The molecule has 32 heavy (non-hydrogen) atoms. The van der Waals surface area contributed by atoms with Gasteiger partial charge in [0.2, 0.25) is 0 Å². The number of non-ortho nitro benzene ring substituents is 2. The van der Waals surface area contributed by atoms with E-state index in [1.165, 1.54) is 29.5 Å². The number of hydrogen-bond donors (Lipinski definition) is 2. The van der Waals surface area contributed by atoms with E-state index in [1.807, 2.05) is 0 Å². The van der Waals surface area contributed by atoms with Crippen LogP contribution < -0.4 is 10.6 Å². The van der Waals surface area contributed by atoms with Crippen molar-refractivity contribution in [2.45, 2.75) is 13.8 Å². The fraction of sp³-hybridized carbons (Fsp3) is 0.238. The molecule has 4 rings (SSSR count). The van der Waals surface area contributed by atoms with Crippen molar-refractivity contribution in [1.82, 2.24) is 9.97 Å². The molecule has 0 unspecified atom stereocenters. The number of hydrogen-bond acceptors (Lipinski definition) is 9. The lowest BCUT2D eigenvalue weighted by molar-refractivity contribution is -0.384. The predicted molar refractivity (Wildman–Crippen MR) is 125 cm³/mol. The number of pyridine rings is 1. The van der Waals surface area contributed by atoms with Crippen LogP contribution in [-0.4, -0.2) is 32.9 Å². The molecule has 0 atom stereocenters. The summed E-state index contributed by atoms with van der Waals surface area (Å²) in [6, 6.07) is 11.2. The van der Waals surface area contributed by atoms with E-state index >= 15 is 0 Å². The molecule has 2 N–H and O–H groups in total. The van der Waals surface area contributed by atoms with Crippen molar-refractivity contribution in [3.8, 4) is 0 Å². The third-order valence-corrected chi connectivity index (χ3v) is 5.98. The molecule has 0 aliphatic heterocycles. The summed E-state index contributed by atoms with van der Waals surface area (Å²) in [7, 11) is 0. The predicted octanol–water partition coefficient (Wildman–Crippen LogP) is 5.21. The Hall–Kier alpha value is -3.86. The minimum Gasteiger partial charge on any atom is -0.383 e. The molecule has 0 bridgehead atoms. The number of nitro groups is 2. The van der Waals surface area contributed by atoms with Gasteiger partial charge in [-0.15, -0.1) is 0 Å². The van der Waals surface area contributed by atoms with Crippen LogP contribution in [0.1, 0.15) is 13.8 Å². The minimum atomic E-state index is -0.419. The molecule has 0 spiro atoms. The zero-order chi connectivity index (χ0) is 22.9. The van der Waals surface area contributed by atoms with Gasteiger partial charge >= 0.3 is 0 Å². The van der Waals surface area contributed by atoms with Crippen LogP contribution in [0, 0.1) is 25.6 Å². The monoisotopic (exact) mass is 452 g/mol. The Morgan fingerprint density at radius 1 is 1.03 bits per heavy atom. The smallest absolute Gasteiger partial charge is 0.278 e. The molecule has 0 aliphatic carbocycles. The largest absolute Gasteiger partial charge is 0.383 e. The number of rotatable bonds is 8. The lowest BCUT2D eigenvalue weighted by Crippen LogP contribution is -2.31. The van der Waals surface area contributed by atoms with Crippen LogP contribution in [0.2, 0.25) is 0 Å². The van der Waals surface area contributed by atoms with E-state index < -0.39 is 9.85 Å². The van der Waals surface area contributed by atoms with Crippen LogP contribution in [0.25, 0.3) is 21.1 Å². The summed E-state index contributed by atoms with van der Waals surface area (Å²) in [6.07, 6.45) is 1.61. The molecule has 0 amide bonds. The highest BCUT2D eigenvalue weighted by Gasteiger charge is 2.21. The van der Waals surface area contributed by atoms with E-state index in [0.717, 1.165) is 10.4 Å². The molecule has 0 aliphatic rings. The Morgan fingerprint density at radius 2 is 1.81 bits per heavy atom. The van der Waals surface area contributed by atoms with E-state index in [-0.39, 0.29) is 16.8 Å². The first-order chi connectivity index (χ1) is 15.2.